The zero-order valence-electron chi connectivity index (χ0n) is 19.7. The van der Waals surface area contributed by atoms with Gasteiger partial charge < -0.3 is 10.2 Å². The van der Waals surface area contributed by atoms with Crippen molar-refractivity contribution in [3.05, 3.63) is 64.7 Å². The number of rotatable bonds is 10. The Balaban J connectivity index is 2.40. The van der Waals surface area contributed by atoms with Crippen molar-refractivity contribution in [1.29, 1.82) is 0 Å². The number of anilines is 1. The van der Waals surface area contributed by atoms with Gasteiger partial charge in [-0.3, -0.25) is 13.9 Å². The van der Waals surface area contributed by atoms with Gasteiger partial charge in [-0.15, -0.1) is 0 Å². The predicted molar refractivity (Wildman–Crippen MR) is 133 cm³/mol. The van der Waals surface area contributed by atoms with Crippen LogP contribution in [0.5, 0.6) is 0 Å². The molecule has 0 spiro atoms. The molecule has 180 valence electrons. The van der Waals surface area contributed by atoms with Crippen LogP contribution < -0.4 is 9.62 Å². The van der Waals surface area contributed by atoms with Crippen LogP contribution in [0, 0.1) is 6.92 Å². The maximum absolute atomic E-state index is 13.5. The van der Waals surface area contributed by atoms with Crippen LogP contribution in [0.2, 0.25) is 5.02 Å². The Kier molecular flexibility index (Phi) is 9.31. The Morgan fingerprint density at radius 3 is 2.27 bits per heavy atom. The van der Waals surface area contributed by atoms with E-state index in [4.69, 9.17) is 11.6 Å². The van der Waals surface area contributed by atoms with Crippen molar-refractivity contribution in [2.75, 3.05) is 17.1 Å². The number of halogens is 1. The van der Waals surface area contributed by atoms with E-state index in [0.717, 1.165) is 22.5 Å². The van der Waals surface area contributed by atoms with Gasteiger partial charge in [-0.25, -0.2) is 8.42 Å². The van der Waals surface area contributed by atoms with Crippen LogP contribution in [0.4, 0.5) is 5.69 Å². The van der Waals surface area contributed by atoms with E-state index < -0.39 is 28.5 Å². The van der Waals surface area contributed by atoms with Gasteiger partial charge in [0.25, 0.3) is 0 Å². The fraction of sp³-hybridized carbons (Fsp3) is 0.417. The molecule has 0 radical (unpaired) electrons. The fourth-order valence-corrected chi connectivity index (χ4v) is 4.36. The molecule has 0 saturated heterocycles. The van der Waals surface area contributed by atoms with Gasteiger partial charge in [0.2, 0.25) is 21.8 Å². The zero-order chi connectivity index (χ0) is 24.8. The molecule has 0 unspecified atom stereocenters. The second-order valence-corrected chi connectivity index (χ2v) is 10.5. The van der Waals surface area contributed by atoms with Crippen molar-refractivity contribution in [1.82, 2.24) is 10.2 Å². The van der Waals surface area contributed by atoms with E-state index in [1.807, 2.05) is 44.2 Å². The van der Waals surface area contributed by atoms with Crippen molar-refractivity contribution in [2.24, 2.45) is 0 Å². The summed E-state index contributed by atoms with van der Waals surface area (Å²) < 4.78 is 26.3. The third kappa shape index (κ3) is 7.20. The van der Waals surface area contributed by atoms with Crippen LogP contribution >= 0.6 is 11.6 Å². The first-order valence-corrected chi connectivity index (χ1v) is 13.0. The summed E-state index contributed by atoms with van der Waals surface area (Å²) in [5.41, 5.74) is 1.71. The van der Waals surface area contributed by atoms with Crippen LogP contribution in [0.15, 0.2) is 48.5 Å². The van der Waals surface area contributed by atoms with E-state index >= 15 is 0 Å². The summed E-state index contributed by atoms with van der Waals surface area (Å²) in [6.07, 6.45) is 1.79. The van der Waals surface area contributed by atoms with Gasteiger partial charge in [0, 0.05) is 17.6 Å². The Labute approximate surface area is 201 Å². The van der Waals surface area contributed by atoms with Crippen molar-refractivity contribution in [3.63, 3.8) is 0 Å². The number of amides is 2. The second-order valence-electron chi connectivity index (χ2n) is 8.15. The summed E-state index contributed by atoms with van der Waals surface area (Å²) in [5, 5.41) is 3.30. The first kappa shape index (κ1) is 26.7. The summed E-state index contributed by atoms with van der Waals surface area (Å²) >= 11 is 6.20. The third-order valence-electron chi connectivity index (χ3n) is 5.55. The molecule has 2 amide bonds. The van der Waals surface area contributed by atoms with Gasteiger partial charge in [-0.1, -0.05) is 54.9 Å². The van der Waals surface area contributed by atoms with E-state index in [0.29, 0.717) is 16.3 Å². The van der Waals surface area contributed by atoms with Crippen LogP contribution in [-0.2, 0) is 26.2 Å². The molecular weight excluding hydrogens is 462 g/mol. The molecule has 33 heavy (non-hydrogen) atoms. The van der Waals surface area contributed by atoms with Crippen molar-refractivity contribution in [3.8, 4) is 0 Å². The smallest absolute Gasteiger partial charge is 0.244 e. The molecule has 0 saturated carbocycles. The average molecular weight is 494 g/mol. The van der Waals surface area contributed by atoms with Crippen LogP contribution in [0.3, 0.4) is 0 Å². The Morgan fingerprint density at radius 2 is 1.70 bits per heavy atom. The molecule has 0 bridgehead atoms. The number of hydrogen-bond donors (Lipinski definition) is 1. The average Bonchev–Trinajstić information content (AvgIpc) is 2.77. The summed E-state index contributed by atoms with van der Waals surface area (Å²) in [4.78, 5) is 27.7. The monoisotopic (exact) mass is 493 g/mol. The molecule has 2 atom stereocenters. The maximum Gasteiger partial charge on any atom is 0.244 e. The number of carbonyl (C=O) groups excluding carboxylic acids is 2. The number of nitrogens with zero attached hydrogens (tertiary/aromatic N) is 2. The van der Waals surface area contributed by atoms with Gasteiger partial charge in [0.05, 0.1) is 11.9 Å². The molecular formula is C24H32ClN3O4S. The summed E-state index contributed by atoms with van der Waals surface area (Å²) in [5.74, 6) is -0.783. The first-order valence-electron chi connectivity index (χ1n) is 10.8. The van der Waals surface area contributed by atoms with Crippen molar-refractivity contribution in [2.45, 2.75) is 52.7 Å². The van der Waals surface area contributed by atoms with Crippen LogP contribution in [0.25, 0.3) is 0 Å². The largest absolute Gasteiger partial charge is 0.352 e. The molecule has 2 aromatic rings. The lowest BCUT2D eigenvalue weighted by Gasteiger charge is -2.32. The van der Waals surface area contributed by atoms with E-state index in [2.05, 4.69) is 5.32 Å². The third-order valence-corrected chi connectivity index (χ3v) is 7.09. The molecule has 0 aliphatic rings. The molecule has 0 fully saturated rings. The summed E-state index contributed by atoms with van der Waals surface area (Å²) in [6.45, 7) is 6.91. The van der Waals surface area contributed by atoms with E-state index in [1.54, 1.807) is 32.0 Å². The van der Waals surface area contributed by atoms with Crippen molar-refractivity contribution >= 4 is 39.1 Å². The highest BCUT2D eigenvalue weighted by Gasteiger charge is 2.31. The Morgan fingerprint density at radius 1 is 1.06 bits per heavy atom. The lowest BCUT2D eigenvalue weighted by atomic mass is 10.1. The number of hydrogen-bond acceptors (Lipinski definition) is 4. The number of nitrogens with one attached hydrogen (secondary N) is 1. The highest BCUT2D eigenvalue weighted by Crippen LogP contribution is 2.28. The predicted octanol–water partition coefficient (Wildman–Crippen LogP) is 3.75. The maximum atomic E-state index is 13.5. The molecule has 7 nitrogen and oxygen atoms in total. The van der Waals surface area contributed by atoms with E-state index in [-0.39, 0.29) is 18.5 Å². The van der Waals surface area contributed by atoms with Gasteiger partial charge in [0.15, 0.2) is 0 Å². The van der Waals surface area contributed by atoms with Crippen LogP contribution in [-0.4, -0.2) is 50.0 Å². The summed E-state index contributed by atoms with van der Waals surface area (Å²) in [6, 6.07) is 13.3. The van der Waals surface area contributed by atoms with Crippen molar-refractivity contribution < 1.29 is 18.0 Å². The molecule has 2 aromatic carbocycles. The Bertz CT molecular complexity index is 1080. The van der Waals surface area contributed by atoms with E-state index in [9.17, 15) is 18.0 Å². The molecule has 0 aromatic heterocycles. The number of benzene rings is 2. The quantitative estimate of drug-likeness (QED) is 0.546. The highest BCUT2D eigenvalue weighted by molar-refractivity contribution is 7.92. The highest BCUT2D eigenvalue weighted by atomic mass is 35.5. The Hall–Kier alpha value is -2.58. The zero-order valence-corrected chi connectivity index (χ0v) is 21.3. The SMILES string of the molecule is CC[C@H](C)NC(=O)[C@H](C)N(Cc1ccccc1)C(=O)CN(c1cccc(Cl)c1C)S(C)(=O)=O. The molecule has 2 rings (SSSR count). The molecule has 9 heteroatoms. The number of carbonyl (C=O) groups is 2. The lowest BCUT2D eigenvalue weighted by Crippen LogP contribution is -2.52. The topological polar surface area (TPSA) is 86.8 Å². The molecule has 0 aliphatic heterocycles. The standard InChI is InChI=1S/C24H32ClN3O4S/c1-6-17(2)26-24(30)19(4)27(15-20-11-8-7-9-12-20)23(29)16-28(33(5,31)32)22-14-10-13-21(25)18(22)3/h7-14,17,19H,6,15-16H2,1-5H3,(H,26,30)/t17-,19-/m0/s1. The minimum absolute atomic E-state index is 0.0461. The first-order chi connectivity index (χ1) is 15.5. The molecule has 0 heterocycles. The second kappa shape index (κ2) is 11.5. The van der Waals surface area contributed by atoms with Gasteiger partial charge in [0.1, 0.15) is 12.6 Å². The normalized spacial score (nSPS) is 13.2. The number of sulfonamides is 1. The van der Waals surface area contributed by atoms with Gasteiger partial charge >= 0.3 is 0 Å². The minimum Gasteiger partial charge on any atom is -0.352 e. The molecule has 1 N–H and O–H groups in total. The molecule has 0 aliphatic carbocycles. The van der Waals surface area contributed by atoms with E-state index in [1.165, 1.54) is 4.90 Å². The fourth-order valence-electron chi connectivity index (χ4n) is 3.29. The van der Waals surface area contributed by atoms with Gasteiger partial charge in [-0.2, -0.15) is 0 Å². The van der Waals surface area contributed by atoms with Gasteiger partial charge in [-0.05, 0) is 50.5 Å². The minimum atomic E-state index is -3.80. The van der Waals surface area contributed by atoms with Crippen LogP contribution in [0.1, 0.15) is 38.3 Å². The summed E-state index contributed by atoms with van der Waals surface area (Å²) in [7, 11) is -3.80. The lowest BCUT2D eigenvalue weighted by molar-refractivity contribution is -0.139.